The van der Waals surface area contributed by atoms with Crippen LogP contribution in [0.1, 0.15) is 46.1 Å². The van der Waals surface area contributed by atoms with E-state index in [1.54, 1.807) is 7.05 Å². The van der Waals surface area contributed by atoms with Gasteiger partial charge in [-0.05, 0) is 44.9 Å². The van der Waals surface area contributed by atoms with Gasteiger partial charge in [0.15, 0.2) is 5.96 Å². The maximum absolute atomic E-state index is 11.5. The van der Waals surface area contributed by atoms with Crippen molar-refractivity contribution in [2.45, 2.75) is 52.6 Å². The first kappa shape index (κ1) is 18.0. The number of hydrogen-bond acceptors (Lipinski definition) is 2. The molecule has 0 fully saturated rings. The van der Waals surface area contributed by atoms with Crippen LogP contribution in [0.15, 0.2) is 29.3 Å². The Bertz CT molecular complexity index is 500. The molecule has 1 aromatic rings. The largest absolute Gasteiger partial charge is 0.352 e. The van der Waals surface area contributed by atoms with Crippen molar-refractivity contribution in [1.82, 2.24) is 10.6 Å². The monoisotopic (exact) mass is 304 g/mol. The Morgan fingerprint density at radius 2 is 1.82 bits per heavy atom. The first-order valence-corrected chi connectivity index (χ1v) is 7.71. The van der Waals surface area contributed by atoms with Crippen molar-refractivity contribution in [3.05, 3.63) is 29.8 Å². The highest BCUT2D eigenvalue weighted by Crippen LogP contribution is 2.10. The van der Waals surface area contributed by atoms with E-state index in [4.69, 9.17) is 0 Å². The zero-order chi connectivity index (χ0) is 16.6. The van der Waals surface area contributed by atoms with Crippen LogP contribution >= 0.6 is 0 Å². The lowest BCUT2D eigenvalue weighted by Crippen LogP contribution is -2.47. The first-order valence-electron chi connectivity index (χ1n) is 7.71. The highest BCUT2D eigenvalue weighted by Gasteiger charge is 2.11. The Labute approximate surface area is 133 Å². The van der Waals surface area contributed by atoms with E-state index < -0.39 is 0 Å². The number of benzene rings is 1. The topological polar surface area (TPSA) is 65.5 Å². The van der Waals surface area contributed by atoms with Crippen LogP contribution in [0.25, 0.3) is 0 Å². The SMILES string of the molecule is CCCC(=O)Nc1ccc(CNC(=NC)NC(C)(C)C)cc1. The molecule has 0 radical (unpaired) electrons. The highest BCUT2D eigenvalue weighted by molar-refractivity contribution is 5.90. The van der Waals surface area contributed by atoms with Crippen LogP contribution in [0.3, 0.4) is 0 Å². The number of rotatable bonds is 5. The summed E-state index contributed by atoms with van der Waals surface area (Å²) in [6, 6.07) is 7.84. The Balaban J connectivity index is 2.52. The van der Waals surface area contributed by atoms with Gasteiger partial charge in [0.25, 0.3) is 0 Å². The third-order valence-electron chi connectivity index (χ3n) is 2.89. The van der Waals surface area contributed by atoms with Gasteiger partial charge >= 0.3 is 0 Å². The number of amides is 1. The van der Waals surface area contributed by atoms with Crippen LogP contribution in [0.5, 0.6) is 0 Å². The molecule has 3 N–H and O–H groups in total. The van der Waals surface area contributed by atoms with E-state index in [1.807, 2.05) is 31.2 Å². The van der Waals surface area contributed by atoms with Gasteiger partial charge < -0.3 is 16.0 Å². The van der Waals surface area contributed by atoms with E-state index in [-0.39, 0.29) is 11.4 Å². The lowest BCUT2D eigenvalue weighted by atomic mass is 10.1. The fraction of sp³-hybridized carbons (Fsp3) is 0.529. The van der Waals surface area contributed by atoms with Gasteiger partial charge in [0.05, 0.1) is 0 Å². The van der Waals surface area contributed by atoms with E-state index in [2.05, 4.69) is 41.7 Å². The van der Waals surface area contributed by atoms with Crippen LogP contribution in [-0.2, 0) is 11.3 Å². The Kier molecular flexibility index (Phi) is 6.89. The fourth-order valence-electron chi connectivity index (χ4n) is 1.88. The zero-order valence-corrected chi connectivity index (χ0v) is 14.3. The van der Waals surface area contributed by atoms with Crippen LogP contribution in [-0.4, -0.2) is 24.5 Å². The molecule has 0 aliphatic carbocycles. The lowest BCUT2D eigenvalue weighted by Gasteiger charge is -2.23. The Morgan fingerprint density at radius 3 is 2.32 bits per heavy atom. The van der Waals surface area contributed by atoms with Crippen LogP contribution in [0.4, 0.5) is 5.69 Å². The number of carbonyl (C=O) groups excluding carboxylic acids is 1. The Morgan fingerprint density at radius 1 is 1.18 bits per heavy atom. The maximum Gasteiger partial charge on any atom is 0.224 e. The second-order valence-electron chi connectivity index (χ2n) is 6.30. The summed E-state index contributed by atoms with van der Waals surface area (Å²) >= 11 is 0. The maximum atomic E-state index is 11.5. The summed E-state index contributed by atoms with van der Waals surface area (Å²) in [6.45, 7) is 8.95. The van der Waals surface area contributed by atoms with Crippen molar-refractivity contribution >= 4 is 17.6 Å². The molecule has 1 aromatic carbocycles. The number of aliphatic imine (C=N–C) groups is 1. The van der Waals surface area contributed by atoms with Crippen LogP contribution < -0.4 is 16.0 Å². The Hall–Kier alpha value is -2.04. The molecule has 0 spiro atoms. The quantitative estimate of drug-likeness (QED) is 0.579. The average Bonchev–Trinajstić information content (AvgIpc) is 2.44. The molecule has 1 rings (SSSR count). The van der Waals surface area contributed by atoms with E-state index in [1.165, 1.54) is 0 Å². The molecule has 122 valence electrons. The molecule has 0 bridgehead atoms. The summed E-state index contributed by atoms with van der Waals surface area (Å²) in [5.41, 5.74) is 1.93. The molecule has 0 unspecified atom stereocenters. The number of hydrogen-bond donors (Lipinski definition) is 3. The van der Waals surface area contributed by atoms with Gasteiger partial charge in [-0.2, -0.15) is 0 Å². The van der Waals surface area contributed by atoms with Crippen LogP contribution in [0.2, 0.25) is 0 Å². The van der Waals surface area contributed by atoms with Crippen LogP contribution in [0, 0.1) is 0 Å². The minimum absolute atomic E-state index is 0.0325. The second kappa shape index (κ2) is 8.41. The minimum Gasteiger partial charge on any atom is -0.352 e. The number of anilines is 1. The van der Waals surface area contributed by atoms with Gasteiger partial charge in [-0.15, -0.1) is 0 Å². The van der Waals surface area contributed by atoms with E-state index in [0.29, 0.717) is 13.0 Å². The predicted molar refractivity (Wildman–Crippen MR) is 93.1 cm³/mol. The van der Waals surface area contributed by atoms with E-state index in [0.717, 1.165) is 23.6 Å². The normalized spacial score (nSPS) is 12.0. The molecule has 0 aliphatic heterocycles. The molecule has 0 aromatic heterocycles. The average molecular weight is 304 g/mol. The van der Waals surface area contributed by atoms with Gasteiger partial charge in [0.1, 0.15) is 0 Å². The van der Waals surface area contributed by atoms with Crippen molar-refractivity contribution in [3.63, 3.8) is 0 Å². The van der Waals surface area contributed by atoms with Crippen molar-refractivity contribution in [1.29, 1.82) is 0 Å². The predicted octanol–water partition coefficient (Wildman–Crippen LogP) is 2.89. The summed E-state index contributed by atoms with van der Waals surface area (Å²) in [7, 11) is 1.76. The number of nitrogens with zero attached hydrogens (tertiary/aromatic N) is 1. The molecular formula is C17H28N4O. The van der Waals surface area contributed by atoms with Crippen molar-refractivity contribution < 1.29 is 4.79 Å². The standard InChI is InChI=1S/C17H28N4O/c1-6-7-15(22)20-14-10-8-13(9-11-14)12-19-16(18-5)21-17(2,3)4/h8-11H,6-7,12H2,1-5H3,(H,20,22)(H2,18,19,21). The third-order valence-corrected chi connectivity index (χ3v) is 2.89. The molecule has 0 saturated carbocycles. The summed E-state index contributed by atoms with van der Waals surface area (Å²) in [4.78, 5) is 15.7. The molecule has 5 nitrogen and oxygen atoms in total. The van der Waals surface area contributed by atoms with Gasteiger partial charge in [-0.3, -0.25) is 9.79 Å². The summed E-state index contributed by atoms with van der Waals surface area (Å²) in [6.07, 6.45) is 1.41. The molecule has 1 amide bonds. The van der Waals surface area contributed by atoms with Crippen molar-refractivity contribution in [2.24, 2.45) is 4.99 Å². The summed E-state index contributed by atoms with van der Waals surface area (Å²) in [5, 5.41) is 9.47. The smallest absolute Gasteiger partial charge is 0.224 e. The van der Waals surface area contributed by atoms with Gasteiger partial charge in [-0.1, -0.05) is 19.1 Å². The molecule has 0 saturated heterocycles. The molecule has 5 heteroatoms. The second-order valence-corrected chi connectivity index (χ2v) is 6.30. The highest BCUT2D eigenvalue weighted by atomic mass is 16.1. The van der Waals surface area contributed by atoms with Gasteiger partial charge in [0, 0.05) is 31.2 Å². The molecule has 22 heavy (non-hydrogen) atoms. The summed E-state index contributed by atoms with van der Waals surface area (Å²) < 4.78 is 0. The zero-order valence-electron chi connectivity index (χ0n) is 14.3. The number of carbonyl (C=O) groups is 1. The van der Waals surface area contributed by atoms with Crippen molar-refractivity contribution in [2.75, 3.05) is 12.4 Å². The molecular weight excluding hydrogens is 276 g/mol. The fourth-order valence-corrected chi connectivity index (χ4v) is 1.88. The summed E-state index contributed by atoms with van der Waals surface area (Å²) in [5.74, 6) is 0.830. The molecule has 0 aliphatic rings. The van der Waals surface area contributed by atoms with Gasteiger partial charge in [0.2, 0.25) is 5.91 Å². The van der Waals surface area contributed by atoms with Crippen molar-refractivity contribution in [3.8, 4) is 0 Å². The number of nitrogens with one attached hydrogen (secondary N) is 3. The third kappa shape index (κ3) is 7.11. The van der Waals surface area contributed by atoms with E-state index >= 15 is 0 Å². The first-order chi connectivity index (χ1) is 10.3. The number of guanidine groups is 1. The van der Waals surface area contributed by atoms with E-state index in [9.17, 15) is 4.79 Å². The minimum atomic E-state index is -0.0325. The molecule has 0 heterocycles. The van der Waals surface area contributed by atoms with Gasteiger partial charge in [-0.25, -0.2) is 0 Å². The molecule has 0 atom stereocenters. The lowest BCUT2D eigenvalue weighted by molar-refractivity contribution is -0.116.